The van der Waals surface area contributed by atoms with Crippen molar-refractivity contribution in [3.8, 4) is 16.9 Å². The summed E-state index contributed by atoms with van der Waals surface area (Å²) in [5.74, 6) is -2.40. The molecular weight excluding hydrogens is 438 g/mol. The lowest BCUT2D eigenvalue weighted by Gasteiger charge is -2.31. The molecule has 0 spiro atoms. The number of phenols is 1. The molecule has 0 aliphatic rings. The van der Waals surface area contributed by atoms with Crippen molar-refractivity contribution in [2.45, 2.75) is 37.6 Å². The van der Waals surface area contributed by atoms with Gasteiger partial charge in [-0.2, -0.15) is 24.9 Å². The fraction of sp³-hybridized carbons (Fsp3) is 0.381. The third kappa shape index (κ3) is 5.90. The third-order valence-corrected chi connectivity index (χ3v) is 5.95. The van der Waals surface area contributed by atoms with Crippen molar-refractivity contribution in [1.82, 2.24) is 0 Å². The summed E-state index contributed by atoms with van der Waals surface area (Å²) in [6.45, 7) is 1.54. The minimum Gasteiger partial charge on any atom is -0.505 e. The van der Waals surface area contributed by atoms with E-state index < -0.39 is 41.8 Å². The summed E-state index contributed by atoms with van der Waals surface area (Å²) in [6, 6.07) is 6.29. The molecule has 2 atom stereocenters. The second-order valence-corrected chi connectivity index (χ2v) is 8.37. The van der Waals surface area contributed by atoms with Crippen LogP contribution in [-0.4, -0.2) is 45.0 Å². The molecule has 0 heterocycles. The zero-order valence-electron chi connectivity index (χ0n) is 16.6. The van der Waals surface area contributed by atoms with Gasteiger partial charge in [0, 0.05) is 0 Å². The molecule has 0 aliphatic heterocycles. The SMILES string of the molecule is Cc1cc(C(O)(CCSCCC(N)C(=O)O)C(F)(F)F)ccc1-c1ccc(O)c(F)c1. The fourth-order valence-corrected chi connectivity index (χ4v) is 4.09. The van der Waals surface area contributed by atoms with Gasteiger partial charge < -0.3 is 21.1 Å². The molecule has 5 nitrogen and oxygen atoms in total. The molecule has 31 heavy (non-hydrogen) atoms. The van der Waals surface area contributed by atoms with Gasteiger partial charge in [-0.3, -0.25) is 4.79 Å². The lowest BCUT2D eigenvalue weighted by atomic mass is 9.87. The Morgan fingerprint density at radius 2 is 1.84 bits per heavy atom. The first-order valence-electron chi connectivity index (χ1n) is 9.32. The van der Waals surface area contributed by atoms with Crippen LogP contribution in [0.2, 0.25) is 0 Å². The zero-order valence-corrected chi connectivity index (χ0v) is 17.4. The molecule has 2 aromatic carbocycles. The van der Waals surface area contributed by atoms with Crippen molar-refractivity contribution >= 4 is 17.7 Å². The highest BCUT2D eigenvalue weighted by Crippen LogP contribution is 2.43. The number of phenolic OH excluding ortho intramolecular Hbond substituents is 1. The second kappa shape index (κ2) is 9.88. The quantitative estimate of drug-likeness (QED) is 0.330. The highest BCUT2D eigenvalue weighted by molar-refractivity contribution is 7.99. The molecular formula is C21H23F4NO4S. The van der Waals surface area contributed by atoms with Gasteiger partial charge in [0.05, 0.1) is 0 Å². The van der Waals surface area contributed by atoms with Crippen molar-refractivity contribution in [3.05, 3.63) is 53.3 Å². The van der Waals surface area contributed by atoms with Crippen LogP contribution in [-0.2, 0) is 10.4 Å². The predicted molar refractivity (Wildman–Crippen MR) is 110 cm³/mol. The van der Waals surface area contributed by atoms with Crippen LogP contribution in [0.4, 0.5) is 17.6 Å². The Kier molecular flexibility index (Phi) is 7.96. The Hall–Kier alpha value is -2.30. The average molecular weight is 461 g/mol. The molecule has 0 aliphatic carbocycles. The van der Waals surface area contributed by atoms with Gasteiger partial charge in [-0.1, -0.05) is 24.3 Å². The minimum atomic E-state index is -4.94. The van der Waals surface area contributed by atoms with E-state index in [-0.39, 0.29) is 23.5 Å². The van der Waals surface area contributed by atoms with E-state index >= 15 is 0 Å². The molecule has 2 rings (SSSR count). The molecule has 0 radical (unpaired) electrons. The van der Waals surface area contributed by atoms with E-state index in [1.807, 2.05) is 0 Å². The predicted octanol–water partition coefficient (Wildman–Crippen LogP) is 4.18. The number of halogens is 4. The highest BCUT2D eigenvalue weighted by atomic mass is 32.2. The van der Waals surface area contributed by atoms with Crippen molar-refractivity contribution in [2.75, 3.05) is 11.5 Å². The number of aliphatic carboxylic acids is 1. The molecule has 0 saturated heterocycles. The maximum Gasteiger partial charge on any atom is 0.421 e. The Balaban J connectivity index is 2.20. The molecule has 2 unspecified atom stereocenters. The molecule has 0 fully saturated rings. The van der Waals surface area contributed by atoms with Crippen molar-refractivity contribution in [3.63, 3.8) is 0 Å². The van der Waals surface area contributed by atoms with E-state index in [2.05, 4.69) is 0 Å². The van der Waals surface area contributed by atoms with Crippen LogP contribution in [0.25, 0.3) is 11.1 Å². The topological polar surface area (TPSA) is 104 Å². The maximum atomic E-state index is 13.8. The number of carboxylic acids is 1. The van der Waals surface area contributed by atoms with Crippen LogP contribution in [0.5, 0.6) is 5.75 Å². The van der Waals surface area contributed by atoms with Crippen molar-refractivity contribution in [2.24, 2.45) is 5.73 Å². The smallest absolute Gasteiger partial charge is 0.421 e. The summed E-state index contributed by atoms with van der Waals surface area (Å²) in [5, 5.41) is 28.6. The van der Waals surface area contributed by atoms with Crippen LogP contribution in [0.3, 0.4) is 0 Å². The molecule has 0 aromatic heterocycles. The first-order valence-corrected chi connectivity index (χ1v) is 10.5. The summed E-state index contributed by atoms with van der Waals surface area (Å²) >= 11 is 1.08. The Morgan fingerprint density at radius 1 is 1.16 bits per heavy atom. The summed E-state index contributed by atoms with van der Waals surface area (Å²) in [7, 11) is 0. The third-order valence-electron chi connectivity index (χ3n) is 4.93. The van der Waals surface area contributed by atoms with Gasteiger partial charge >= 0.3 is 12.1 Å². The number of carboxylic acid groups (broad SMARTS) is 1. The standard InChI is InChI=1S/C21H23F4NO4S/c1-12-10-14(3-4-15(12)13-2-5-18(27)16(22)11-13)20(30,21(23,24)25)7-9-31-8-6-17(26)19(28)29/h2-5,10-11,17,27,30H,6-9,26H2,1H3,(H,28,29). The number of carbonyl (C=O) groups is 1. The van der Waals surface area contributed by atoms with Crippen LogP contribution >= 0.6 is 11.8 Å². The average Bonchev–Trinajstić information content (AvgIpc) is 2.68. The summed E-state index contributed by atoms with van der Waals surface area (Å²) < 4.78 is 54.9. The molecule has 5 N–H and O–H groups in total. The first kappa shape index (κ1) is 25.0. The van der Waals surface area contributed by atoms with E-state index in [1.54, 1.807) is 6.92 Å². The summed E-state index contributed by atoms with van der Waals surface area (Å²) in [6.07, 6.45) is -5.47. The van der Waals surface area contributed by atoms with Gasteiger partial charge in [-0.25, -0.2) is 4.39 Å². The second-order valence-electron chi connectivity index (χ2n) is 7.15. The van der Waals surface area contributed by atoms with Crippen LogP contribution in [0.1, 0.15) is 24.0 Å². The molecule has 0 amide bonds. The summed E-state index contributed by atoms with van der Waals surface area (Å²) in [5.41, 5.74) is 3.15. The number of aromatic hydroxyl groups is 1. The number of nitrogens with two attached hydrogens (primary N) is 1. The number of aryl methyl sites for hydroxylation is 1. The summed E-state index contributed by atoms with van der Waals surface area (Å²) in [4.78, 5) is 10.7. The minimum absolute atomic E-state index is 0.0632. The molecule has 10 heteroatoms. The fourth-order valence-electron chi connectivity index (χ4n) is 3.02. The number of benzene rings is 2. The van der Waals surface area contributed by atoms with E-state index in [0.29, 0.717) is 16.7 Å². The normalized spacial score (nSPS) is 14.8. The zero-order chi connectivity index (χ0) is 23.4. The number of hydrogen-bond donors (Lipinski definition) is 4. The first-order chi connectivity index (χ1) is 14.4. The molecule has 170 valence electrons. The van der Waals surface area contributed by atoms with Crippen molar-refractivity contribution in [1.29, 1.82) is 0 Å². The van der Waals surface area contributed by atoms with Gasteiger partial charge in [0.25, 0.3) is 0 Å². The largest absolute Gasteiger partial charge is 0.505 e. The van der Waals surface area contributed by atoms with Gasteiger partial charge in [-0.05, 0) is 65.7 Å². The van der Waals surface area contributed by atoms with Crippen LogP contribution < -0.4 is 5.73 Å². The molecule has 2 aromatic rings. The molecule has 0 saturated carbocycles. The van der Waals surface area contributed by atoms with E-state index in [9.17, 15) is 32.6 Å². The Morgan fingerprint density at radius 3 is 2.39 bits per heavy atom. The number of rotatable bonds is 9. The van der Waals surface area contributed by atoms with Gasteiger partial charge in [0.2, 0.25) is 0 Å². The van der Waals surface area contributed by atoms with E-state index in [0.717, 1.165) is 30.0 Å². The lowest BCUT2D eigenvalue weighted by Crippen LogP contribution is -2.43. The van der Waals surface area contributed by atoms with Crippen LogP contribution in [0.15, 0.2) is 36.4 Å². The highest BCUT2D eigenvalue weighted by Gasteiger charge is 2.54. The van der Waals surface area contributed by atoms with Crippen molar-refractivity contribution < 1.29 is 37.7 Å². The monoisotopic (exact) mass is 461 g/mol. The molecule has 0 bridgehead atoms. The van der Waals surface area contributed by atoms with Crippen LogP contribution in [0, 0.1) is 12.7 Å². The van der Waals surface area contributed by atoms with Gasteiger partial charge in [0.15, 0.2) is 17.2 Å². The number of alkyl halides is 3. The number of thioether (sulfide) groups is 1. The Bertz CT molecular complexity index is 938. The van der Waals surface area contributed by atoms with Gasteiger partial charge in [0.1, 0.15) is 6.04 Å². The van der Waals surface area contributed by atoms with Gasteiger partial charge in [-0.15, -0.1) is 0 Å². The lowest BCUT2D eigenvalue weighted by molar-refractivity contribution is -0.267. The van der Waals surface area contributed by atoms with E-state index in [4.69, 9.17) is 10.8 Å². The number of aliphatic hydroxyl groups is 1. The Labute approximate surface area is 180 Å². The maximum absolute atomic E-state index is 13.8. The number of hydrogen-bond acceptors (Lipinski definition) is 5. The van der Waals surface area contributed by atoms with E-state index in [1.165, 1.54) is 18.2 Å².